The predicted octanol–water partition coefficient (Wildman–Crippen LogP) is 1.38. The molecule has 3 N–H and O–H groups in total. The highest BCUT2D eigenvalue weighted by Gasteiger charge is 2.17. The number of nitrogens with one attached hydrogen (secondary N) is 2. The lowest BCUT2D eigenvalue weighted by Crippen LogP contribution is -2.29. The predicted molar refractivity (Wildman–Crippen MR) is 71.3 cm³/mol. The summed E-state index contributed by atoms with van der Waals surface area (Å²) in [5.74, 6) is -0.411. The maximum absolute atomic E-state index is 11.9. The molecule has 0 saturated carbocycles. The second-order valence-corrected chi connectivity index (χ2v) is 4.44. The van der Waals surface area contributed by atoms with Crippen molar-refractivity contribution in [3.8, 4) is 0 Å². The Labute approximate surface area is 111 Å². The molecule has 0 spiro atoms. The molecule has 1 aromatic heterocycles. The molecule has 2 rings (SSSR count). The zero-order chi connectivity index (χ0) is 13.8. The largest absolute Gasteiger partial charge is 0.378 e. The monoisotopic (exact) mass is 259 g/mol. The van der Waals surface area contributed by atoms with E-state index in [0.29, 0.717) is 12.1 Å². The molecular formula is C14H17N3O2. The van der Waals surface area contributed by atoms with Crippen molar-refractivity contribution in [3.05, 3.63) is 52.8 Å². The third kappa shape index (κ3) is 3.00. The Morgan fingerprint density at radius 3 is 2.63 bits per heavy atom. The number of aliphatic hydroxyl groups excluding tert-OH is 1. The molecule has 0 radical (unpaired) electrons. The number of aliphatic hydroxyl groups is 1. The Morgan fingerprint density at radius 1 is 1.37 bits per heavy atom. The van der Waals surface area contributed by atoms with Gasteiger partial charge < -0.3 is 10.4 Å². The second-order valence-electron chi connectivity index (χ2n) is 4.44. The first-order valence-electron chi connectivity index (χ1n) is 6.10. The van der Waals surface area contributed by atoms with Crippen molar-refractivity contribution < 1.29 is 9.90 Å². The van der Waals surface area contributed by atoms with Gasteiger partial charge in [-0.2, -0.15) is 5.10 Å². The summed E-state index contributed by atoms with van der Waals surface area (Å²) < 4.78 is 0. The lowest BCUT2D eigenvalue weighted by atomic mass is 10.1. The molecule has 19 heavy (non-hydrogen) atoms. The van der Waals surface area contributed by atoms with Gasteiger partial charge in [0.2, 0.25) is 0 Å². The van der Waals surface area contributed by atoms with Gasteiger partial charge in [0.25, 0.3) is 5.91 Å². The van der Waals surface area contributed by atoms with Crippen LogP contribution >= 0.6 is 0 Å². The summed E-state index contributed by atoms with van der Waals surface area (Å²) in [6, 6.07) is 8.86. The zero-order valence-corrected chi connectivity index (χ0v) is 11.0. The SMILES string of the molecule is Cc1n[nH]c(C)c1CNC(=O)[C@@H](O)c1ccccc1. The average Bonchev–Trinajstić information content (AvgIpc) is 2.75. The van der Waals surface area contributed by atoms with Crippen molar-refractivity contribution in [2.45, 2.75) is 26.5 Å². The van der Waals surface area contributed by atoms with Gasteiger partial charge in [-0.15, -0.1) is 0 Å². The zero-order valence-electron chi connectivity index (χ0n) is 11.0. The van der Waals surface area contributed by atoms with Gasteiger partial charge in [0.1, 0.15) is 0 Å². The van der Waals surface area contributed by atoms with Crippen LogP contribution in [0.1, 0.15) is 28.6 Å². The summed E-state index contributed by atoms with van der Waals surface area (Å²) in [4.78, 5) is 11.9. The number of hydrogen-bond acceptors (Lipinski definition) is 3. The third-order valence-electron chi connectivity index (χ3n) is 3.08. The summed E-state index contributed by atoms with van der Waals surface area (Å²) in [6.45, 7) is 4.13. The highest BCUT2D eigenvalue weighted by atomic mass is 16.3. The number of amides is 1. The number of H-pyrrole nitrogens is 1. The van der Waals surface area contributed by atoms with Crippen LogP contribution < -0.4 is 5.32 Å². The normalized spacial score (nSPS) is 12.2. The van der Waals surface area contributed by atoms with E-state index in [0.717, 1.165) is 17.0 Å². The number of nitrogens with zero attached hydrogens (tertiary/aromatic N) is 1. The second kappa shape index (κ2) is 5.67. The smallest absolute Gasteiger partial charge is 0.253 e. The van der Waals surface area contributed by atoms with Crippen LogP contribution in [0, 0.1) is 13.8 Å². The third-order valence-corrected chi connectivity index (χ3v) is 3.08. The Kier molecular flexibility index (Phi) is 3.97. The Hall–Kier alpha value is -2.14. The highest BCUT2D eigenvalue weighted by molar-refractivity contribution is 5.81. The molecule has 5 nitrogen and oxygen atoms in total. The van der Waals surface area contributed by atoms with Crippen molar-refractivity contribution in [2.75, 3.05) is 0 Å². The van der Waals surface area contributed by atoms with Crippen LogP contribution in [0.2, 0.25) is 0 Å². The van der Waals surface area contributed by atoms with Gasteiger partial charge in [0.15, 0.2) is 6.10 Å². The first kappa shape index (κ1) is 13.3. The first-order chi connectivity index (χ1) is 9.09. The van der Waals surface area contributed by atoms with Crippen LogP contribution in [0.3, 0.4) is 0 Å². The van der Waals surface area contributed by atoms with Crippen LogP contribution in [0.15, 0.2) is 30.3 Å². The average molecular weight is 259 g/mol. The fourth-order valence-electron chi connectivity index (χ4n) is 1.89. The van der Waals surface area contributed by atoms with E-state index < -0.39 is 12.0 Å². The van der Waals surface area contributed by atoms with Gasteiger partial charge in [0, 0.05) is 17.8 Å². The molecule has 5 heteroatoms. The lowest BCUT2D eigenvalue weighted by molar-refractivity contribution is -0.129. The van der Waals surface area contributed by atoms with Crippen molar-refractivity contribution in [3.63, 3.8) is 0 Å². The molecule has 0 unspecified atom stereocenters. The summed E-state index contributed by atoms with van der Waals surface area (Å²) >= 11 is 0. The maximum Gasteiger partial charge on any atom is 0.253 e. The van der Waals surface area contributed by atoms with Gasteiger partial charge in [-0.3, -0.25) is 9.89 Å². The molecule has 2 aromatic rings. The van der Waals surface area contributed by atoms with E-state index in [1.807, 2.05) is 19.9 Å². The van der Waals surface area contributed by atoms with Crippen LogP contribution in [0.25, 0.3) is 0 Å². The van der Waals surface area contributed by atoms with Crippen LogP contribution in [-0.2, 0) is 11.3 Å². The highest BCUT2D eigenvalue weighted by Crippen LogP contribution is 2.13. The molecule has 100 valence electrons. The fourth-order valence-corrected chi connectivity index (χ4v) is 1.89. The lowest BCUT2D eigenvalue weighted by Gasteiger charge is -2.11. The molecule has 1 aromatic carbocycles. The molecule has 0 aliphatic rings. The van der Waals surface area contributed by atoms with Crippen LogP contribution in [0.5, 0.6) is 0 Å². The van der Waals surface area contributed by atoms with E-state index in [2.05, 4.69) is 15.5 Å². The number of benzene rings is 1. The first-order valence-corrected chi connectivity index (χ1v) is 6.10. The molecule has 1 atom stereocenters. The van der Waals surface area contributed by atoms with Gasteiger partial charge >= 0.3 is 0 Å². The van der Waals surface area contributed by atoms with Gasteiger partial charge in [-0.1, -0.05) is 30.3 Å². The van der Waals surface area contributed by atoms with Crippen molar-refractivity contribution in [1.29, 1.82) is 0 Å². The number of carbonyl (C=O) groups is 1. The van der Waals surface area contributed by atoms with Crippen molar-refractivity contribution in [2.24, 2.45) is 0 Å². The van der Waals surface area contributed by atoms with Crippen LogP contribution in [0.4, 0.5) is 0 Å². The minimum Gasteiger partial charge on any atom is -0.378 e. The number of aromatic amines is 1. The van der Waals surface area contributed by atoms with Crippen LogP contribution in [-0.4, -0.2) is 21.2 Å². The standard InChI is InChI=1S/C14H17N3O2/c1-9-12(10(2)17-16-9)8-15-14(19)13(18)11-6-4-3-5-7-11/h3-7,13,18H,8H2,1-2H3,(H,15,19)(H,16,17)/t13-/m0/s1. The Balaban J connectivity index is 1.99. The number of aryl methyl sites for hydroxylation is 2. The number of aromatic nitrogens is 2. The maximum atomic E-state index is 11.9. The van der Waals surface area contributed by atoms with E-state index in [1.54, 1.807) is 24.3 Å². The minimum atomic E-state index is -1.14. The molecule has 1 amide bonds. The van der Waals surface area contributed by atoms with Gasteiger partial charge in [0.05, 0.1) is 5.69 Å². The molecule has 0 bridgehead atoms. The fraction of sp³-hybridized carbons (Fsp3) is 0.286. The topological polar surface area (TPSA) is 78.0 Å². The van der Waals surface area contributed by atoms with E-state index in [1.165, 1.54) is 0 Å². The Morgan fingerprint density at radius 2 is 2.05 bits per heavy atom. The van der Waals surface area contributed by atoms with E-state index in [-0.39, 0.29) is 0 Å². The van der Waals surface area contributed by atoms with E-state index in [9.17, 15) is 9.90 Å². The minimum absolute atomic E-state index is 0.358. The number of hydrogen-bond donors (Lipinski definition) is 3. The summed E-state index contributed by atoms with van der Waals surface area (Å²) in [5.41, 5.74) is 3.31. The van der Waals surface area contributed by atoms with Gasteiger partial charge in [-0.05, 0) is 19.4 Å². The number of rotatable bonds is 4. The summed E-state index contributed by atoms with van der Waals surface area (Å²) in [6.07, 6.45) is -1.14. The molecule has 0 aliphatic heterocycles. The quantitative estimate of drug-likeness (QED) is 0.776. The van der Waals surface area contributed by atoms with E-state index in [4.69, 9.17) is 0 Å². The molecule has 0 fully saturated rings. The van der Waals surface area contributed by atoms with E-state index >= 15 is 0 Å². The Bertz CT molecular complexity index is 544. The summed E-state index contributed by atoms with van der Waals surface area (Å²) in [5, 5.41) is 19.6. The molecule has 0 saturated heterocycles. The number of carbonyl (C=O) groups excluding carboxylic acids is 1. The summed E-state index contributed by atoms with van der Waals surface area (Å²) in [7, 11) is 0. The molecule has 1 heterocycles. The van der Waals surface area contributed by atoms with Gasteiger partial charge in [-0.25, -0.2) is 0 Å². The van der Waals surface area contributed by atoms with Crippen molar-refractivity contribution in [1.82, 2.24) is 15.5 Å². The molecular weight excluding hydrogens is 242 g/mol. The molecule has 0 aliphatic carbocycles. The van der Waals surface area contributed by atoms with Crippen molar-refractivity contribution >= 4 is 5.91 Å².